The summed E-state index contributed by atoms with van der Waals surface area (Å²) in [7, 11) is 0. The van der Waals surface area contributed by atoms with Crippen LogP contribution in [0.2, 0.25) is 0 Å². The van der Waals surface area contributed by atoms with Crippen molar-refractivity contribution in [1.82, 2.24) is 10.2 Å². The highest BCUT2D eigenvalue weighted by molar-refractivity contribution is 8.00. The number of nitrogens with one attached hydrogen (secondary N) is 1. The first-order valence-corrected chi connectivity index (χ1v) is 13.8. The number of thioether (sulfide) groups is 1. The van der Waals surface area contributed by atoms with Gasteiger partial charge in [-0.25, -0.2) is 0 Å². The van der Waals surface area contributed by atoms with Crippen LogP contribution in [0.4, 0.5) is 0 Å². The molecule has 0 aromatic heterocycles. The number of ether oxygens (including phenoxy) is 1. The second kappa shape index (κ2) is 11.5. The summed E-state index contributed by atoms with van der Waals surface area (Å²) in [5.41, 5.74) is 2.73. The molecular weight excluding hydrogens is 472 g/mol. The summed E-state index contributed by atoms with van der Waals surface area (Å²) in [5, 5.41) is 2.58. The van der Waals surface area contributed by atoms with Crippen LogP contribution in [0.25, 0.3) is 0 Å². The molecule has 7 heteroatoms. The van der Waals surface area contributed by atoms with Gasteiger partial charge >= 0.3 is 5.97 Å². The highest BCUT2D eigenvalue weighted by Gasteiger charge is 2.38. The molecule has 3 atom stereocenters. The standard InChI is InChI=1S/C29H36N2O4S/c1-29(2,3)28(34)35-19-36-25(17-20-11-5-4-6-12-20)26(32)30-23-18-21-13-7-8-14-22(21)24-15-9-10-16-31(24)27(23)33/h4-8,11-14,23-25H,9-10,15-19H2,1-3H3,(H,30,32)/t23?,24?,25-/m1/s1. The van der Waals surface area contributed by atoms with Crippen molar-refractivity contribution in [3.63, 3.8) is 0 Å². The molecule has 0 radical (unpaired) electrons. The maximum atomic E-state index is 13.6. The zero-order chi connectivity index (χ0) is 25.7. The molecule has 2 aromatic carbocycles. The zero-order valence-corrected chi connectivity index (χ0v) is 22.2. The molecule has 1 fully saturated rings. The molecule has 0 saturated carbocycles. The van der Waals surface area contributed by atoms with E-state index >= 15 is 0 Å². The Morgan fingerprint density at radius 2 is 1.81 bits per heavy atom. The largest absolute Gasteiger partial charge is 0.454 e. The van der Waals surface area contributed by atoms with Crippen LogP contribution in [0.15, 0.2) is 54.6 Å². The summed E-state index contributed by atoms with van der Waals surface area (Å²) in [6.45, 7) is 6.13. The average molecular weight is 509 g/mol. The first kappa shape index (κ1) is 26.3. The van der Waals surface area contributed by atoms with Gasteiger partial charge in [0.1, 0.15) is 12.0 Å². The average Bonchev–Trinajstić information content (AvgIpc) is 2.98. The number of esters is 1. The minimum absolute atomic E-state index is 0.00753. The Morgan fingerprint density at radius 3 is 2.56 bits per heavy atom. The third-order valence-corrected chi connectivity index (χ3v) is 7.90. The Morgan fingerprint density at radius 1 is 1.08 bits per heavy atom. The molecule has 1 N–H and O–H groups in total. The van der Waals surface area contributed by atoms with E-state index in [-0.39, 0.29) is 29.8 Å². The molecule has 2 amide bonds. The Labute approximate surface area is 218 Å². The summed E-state index contributed by atoms with van der Waals surface area (Å²) in [4.78, 5) is 41.4. The van der Waals surface area contributed by atoms with Gasteiger partial charge in [-0.15, -0.1) is 11.8 Å². The lowest BCUT2D eigenvalue weighted by Gasteiger charge is -2.36. The number of amides is 2. The van der Waals surface area contributed by atoms with Crippen LogP contribution >= 0.6 is 11.8 Å². The molecule has 4 rings (SSSR count). The SMILES string of the molecule is CC(C)(C)C(=O)OCS[C@H](Cc1ccccc1)C(=O)NC1Cc2ccccc2C2CCCCN2C1=O. The molecule has 0 aliphatic carbocycles. The highest BCUT2D eigenvalue weighted by atomic mass is 32.2. The van der Waals surface area contributed by atoms with Crippen molar-refractivity contribution in [3.05, 3.63) is 71.3 Å². The summed E-state index contributed by atoms with van der Waals surface area (Å²) in [6, 6.07) is 17.5. The van der Waals surface area contributed by atoms with Gasteiger partial charge in [0, 0.05) is 13.0 Å². The van der Waals surface area contributed by atoms with Crippen LogP contribution in [0.1, 0.15) is 62.8 Å². The van der Waals surface area contributed by atoms with Gasteiger partial charge in [-0.1, -0.05) is 54.6 Å². The van der Waals surface area contributed by atoms with Crippen LogP contribution in [-0.4, -0.2) is 46.5 Å². The maximum absolute atomic E-state index is 13.6. The van der Waals surface area contributed by atoms with E-state index in [1.54, 1.807) is 20.8 Å². The second-order valence-corrected chi connectivity index (χ2v) is 11.8. The highest BCUT2D eigenvalue weighted by Crippen LogP contribution is 2.36. The number of hydrogen-bond acceptors (Lipinski definition) is 5. The molecular formula is C29H36N2O4S. The Kier molecular flexibility index (Phi) is 8.39. The Balaban J connectivity index is 1.51. The Hall–Kier alpha value is -2.80. The number of fused-ring (bicyclic) bond motifs is 3. The first-order valence-electron chi connectivity index (χ1n) is 12.8. The van der Waals surface area contributed by atoms with E-state index < -0.39 is 16.7 Å². The number of rotatable bonds is 7. The van der Waals surface area contributed by atoms with Crippen LogP contribution in [0.5, 0.6) is 0 Å². The van der Waals surface area contributed by atoms with Gasteiger partial charge in [-0.2, -0.15) is 0 Å². The summed E-state index contributed by atoms with van der Waals surface area (Å²) in [5.74, 6) is -0.439. The fourth-order valence-corrected chi connectivity index (χ4v) is 5.76. The van der Waals surface area contributed by atoms with E-state index in [4.69, 9.17) is 4.74 Å². The topological polar surface area (TPSA) is 75.7 Å². The summed E-state index contributed by atoms with van der Waals surface area (Å²) >= 11 is 1.29. The molecule has 1 saturated heterocycles. The monoisotopic (exact) mass is 508 g/mol. The van der Waals surface area contributed by atoms with Crippen LogP contribution in [0.3, 0.4) is 0 Å². The zero-order valence-electron chi connectivity index (χ0n) is 21.4. The van der Waals surface area contributed by atoms with Gasteiger partial charge in [0.15, 0.2) is 0 Å². The molecule has 2 aliphatic heterocycles. The van der Waals surface area contributed by atoms with Crippen molar-refractivity contribution in [1.29, 1.82) is 0 Å². The predicted octanol–water partition coefficient (Wildman–Crippen LogP) is 4.67. The van der Waals surface area contributed by atoms with Crippen molar-refractivity contribution in [2.24, 2.45) is 5.41 Å². The smallest absolute Gasteiger partial charge is 0.312 e. The molecule has 192 valence electrons. The van der Waals surface area contributed by atoms with Gasteiger partial charge in [-0.3, -0.25) is 14.4 Å². The normalized spacial score (nSPS) is 20.5. The van der Waals surface area contributed by atoms with Gasteiger partial charge in [-0.05, 0) is 63.1 Å². The molecule has 0 bridgehead atoms. The quantitative estimate of drug-likeness (QED) is 0.434. The number of carbonyl (C=O) groups excluding carboxylic acids is 3. The molecule has 2 aliphatic rings. The second-order valence-electron chi connectivity index (χ2n) is 10.7. The summed E-state index contributed by atoms with van der Waals surface area (Å²) < 4.78 is 5.44. The number of hydrogen-bond donors (Lipinski definition) is 1. The van der Waals surface area contributed by atoms with Crippen LogP contribution in [0, 0.1) is 5.41 Å². The number of nitrogens with zero attached hydrogens (tertiary/aromatic N) is 1. The molecule has 2 unspecified atom stereocenters. The van der Waals surface area contributed by atoms with Crippen molar-refractivity contribution in [2.45, 2.75) is 70.2 Å². The molecule has 0 spiro atoms. The van der Waals surface area contributed by atoms with E-state index in [1.807, 2.05) is 47.4 Å². The predicted molar refractivity (Wildman–Crippen MR) is 142 cm³/mol. The van der Waals surface area contributed by atoms with E-state index in [0.29, 0.717) is 12.8 Å². The lowest BCUT2D eigenvalue weighted by molar-refractivity contribution is -0.150. The molecule has 2 aromatic rings. The Bertz CT molecular complexity index is 1080. The van der Waals surface area contributed by atoms with Gasteiger partial charge < -0.3 is 15.0 Å². The third-order valence-electron chi connectivity index (χ3n) is 6.87. The lowest BCUT2D eigenvalue weighted by Crippen LogP contribution is -2.52. The van der Waals surface area contributed by atoms with Gasteiger partial charge in [0.2, 0.25) is 11.8 Å². The lowest BCUT2D eigenvalue weighted by atomic mass is 9.92. The molecule has 36 heavy (non-hydrogen) atoms. The van der Waals surface area contributed by atoms with Gasteiger partial charge in [0.05, 0.1) is 16.7 Å². The van der Waals surface area contributed by atoms with Crippen molar-refractivity contribution >= 4 is 29.5 Å². The molecule has 2 heterocycles. The number of piperidine rings is 1. The minimum atomic E-state index is -0.613. The van der Waals surface area contributed by atoms with Crippen molar-refractivity contribution in [3.8, 4) is 0 Å². The van der Waals surface area contributed by atoms with Gasteiger partial charge in [0.25, 0.3) is 0 Å². The van der Waals surface area contributed by atoms with Crippen LogP contribution in [-0.2, 0) is 32.0 Å². The maximum Gasteiger partial charge on any atom is 0.312 e. The van der Waals surface area contributed by atoms with Crippen LogP contribution < -0.4 is 5.32 Å². The van der Waals surface area contributed by atoms with E-state index in [0.717, 1.165) is 36.9 Å². The van der Waals surface area contributed by atoms with Crippen molar-refractivity contribution < 1.29 is 19.1 Å². The van der Waals surface area contributed by atoms with E-state index in [2.05, 4.69) is 17.4 Å². The first-order chi connectivity index (χ1) is 17.2. The van der Waals surface area contributed by atoms with E-state index in [1.165, 1.54) is 17.3 Å². The fourth-order valence-electron chi connectivity index (χ4n) is 4.89. The number of carbonyl (C=O) groups is 3. The summed E-state index contributed by atoms with van der Waals surface area (Å²) in [6.07, 6.45) is 4.00. The van der Waals surface area contributed by atoms with Crippen molar-refractivity contribution in [2.75, 3.05) is 12.5 Å². The fraction of sp³-hybridized carbons (Fsp3) is 0.483. The minimum Gasteiger partial charge on any atom is -0.454 e. The number of benzene rings is 2. The molecule has 6 nitrogen and oxygen atoms in total. The van der Waals surface area contributed by atoms with E-state index in [9.17, 15) is 14.4 Å². The third kappa shape index (κ3) is 6.30.